The molecule has 2 saturated heterocycles. The molecule has 2 unspecified atom stereocenters. The van der Waals surface area contributed by atoms with Crippen LogP contribution >= 0.6 is 0 Å². The van der Waals surface area contributed by atoms with Gasteiger partial charge in [-0.1, -0.05) is 0 Å². The summed E-state index contributed by atoms with van der Waals surface area (Å²) >= 11 is 0. The van der Waals surface area contributed by atoms with E-state index in [4.69, 9.17) is 0 Å². The molecule has 2 N–H and O–H groups in total. The van der Waals surface area contributed by atoms with Gasteiger partial charge in [-0.3, -0.25) is 9.62 Å². The van der Waals surface area contributed by atoms with Crippen LogP contribution in [0.4, 0.5) is 11.4 Å². The highest BCUT2D eigenvalue weighted by Gasteiger charge is 2.36. The van der Waals surface area contributed by atoms with E-state index in [2.05, 4.69) is 14.9 Å². The molecule has 2 heterocycles. The average molecular weight is 295 g/mol. The van der Waals surface area contributed by atoms with Crippen molar-refractivity contribution < 1.29 is 8.42 Å². The number of anilines is 2. The van der Waals surface area contributed by atoms with Crippen LogP contribution in [-0.2, 0) is 10.0 Å². The van der Waals surface area contributed by atoms with Crippen molar-refractivity contribution in [2.75, 3.05) is 29.4 Å². The third-order valence-corrected chi connectivity index (χ3v) is 4.75. The first-order valence-electron chi connectivity index (χ1n) is 7.10. The van der Waals surface area contributed by atoms with Gasteiger partial charge in [0, 0.05) is 30.0 Å². The summed E-state index contributed by atoms with van der Waals surface area (Å²) in [5.41, 5.74) is 1.66. The molecule has 5 nitrogen and oxygen atoms in total. The van der Waals surface area contributed by atoms with Crippen molar-refractivity contribution in [3.8, 4) is 0 Å². The van der Waals surface area contributed by atoms with Crippen LogP contribution in [-0.4, -0.2) is 44.7 Å². The molecule has 0 amide bonds. The van der Waals surface area contributed by atoms with Crippen LogP contribution in [0.2, 0.25) is 0 Å². The maximum atomic E-state index is 11.2. The van der Waals surface area contributed by atoms with Gasteiger partial charge in [0.05, 0.1) is 6.26 Å². The summed E-state index contributed by atoms with van der Waals surface area (Å²) in [6.45, 7) is 2.43. The molecule has 3 rings (SSSR count). The van der Waals surface area contributed by atoms with Gasteiger partial charge < -0.3 is 5.32 Å². The lowest BCUT2D eigenvalue weighted by atomic mass is 10.1. The lowest BCUT2D eigenvalue weighted by molar-refractivity contribution is 0.318. The summed E-state index contributed by atoms with van der Waals surface area (Å²) in [6.07, 6.45) is 4.94. The molecule has 1 aromatic rings. The second-order valence-electron chi connectivity index (χ2n) is 5.74. The molecule has 2 atom stereocenters. The van der Waals surface area contributed by atoms with Crippen molar-refractivity contribution >= 4 is 21.4 Å². The number of nitrogens with one attached hydrogen (secondary N) is 2. The average Bonchev–Trinajstić information content (AvgIpc) is 2.94. The van der Waals surface area contributed by atoms with Crippen molar-refractivity contribution in [3.63, 3.8) is 0 Å². The molecule has 2 fully saturated rings. The molecule has 0 radical (unpaired) electrons. The second kappa shape index (κ2) is 5.26. The van der Waals surface area contributed by atoms with Crippen molar-refractivity contribution in [1.29, 1.82) is 0 Å². The number of fused-ring (bicyclic) bond motifs is 1. The second-order valence-corrected chi connectivity index (χ2v) is 7.49. The molecule has 2 aliphatic heterocycles. The molecule has 1 aromatic carbocycles. The highest BCUT2D eigenvalue weighted by molar-refractivity contribution is 7.92. The van der Waals surface area contributed by atoms with E-state index in [1.54, 1.807) is 12.1 Å². The Balaban J connectivity index is 1.63. The number of nitrogens with zero attached hydrogens (tertiary/aromatic N) is 1. The Kier molecular flexibility index (Phi) is 3.60. The van der Waals surface area contributed by atoms with Gasteiger partial charge in [-0.05, 0) is 50.1 Å². The molecule has 0 saturated carbocycles. The summed E-state index contributed by atoms with van der Waals surface area (Å²) in [7, 11) is -3.20. The lowest BCUT2D eigenvalue weighted by Crippen LogP contribution is -2.33. The number of rotatable bonds is 4. The standard InChI is InChI=1S/C14H21N3O2S/c1-20(18,19)16-12-6-4-11(5-7-12)15-13-8-10-17-9-2-3-14(13)17/h4-7,13-16H,2-3,8-10H2,1H3. The minimum Gasteiger partial charge on any atom is -0.381 e. The van der Waals surface area contributed by atoms with Gasteiger partial charge in [0.1, 0.15) is 0 Å². The first kappa shape index (κ1) is 13.7. The topological polar surface area (TPSA) is 61.4 Å². The Morgan fingerprint density at radius 2 is 1.80 bits per heavy atom. The van der Waals surface area contributed by atoms with E-state index in [1.807, 2.05) is 12.1 Å². The van der Waals surface area contributed by atoms with E-state index in [0.717, 1.165) is 11.9 Å². The van der Waals surface area contributed by atoms with Crippen molar-refractivity contribution in [2.24, 2.45) is 0 Å². The normalized spacial score (nSPS) is 26.4. The zero-order valence-corrected chi connectivity index (χ0v) is 12.5. The monoisotopic (exact) mass is 295 g/mol. The first-order valence-corrected chi connectivity index (χ1v) is 8.99. The highest BCUT2D eigenvalue weighted by atomic mass is 32.2. The van der Waals surface area contributed by atoms with E-state index in [-0.39, 0.29) is 0 Å². The van der Waals surface area contributed by atoms with Gasteiger partial charge in [0.15, 0.2) is 0 Å². The quantitative estimate of drug-likeness (QED) is 0.887. The van der Waals surface area contributed by atoms with Gasteiger partial charge in [-0.2, -0.15) is 0 Å². The van der Waals surface area contributed by atoms with Crippen molar-refractivity contribution in [1.82, 2.24) is 4.90 Å². The van der Waals surface area contributed by atoms with E-state index in [0.29, 0.717) is 17.8 Å². The van der Waals surface area contributed by atoms with Gasteiger partial charge in [-0.25, -0.2) is 8.42 Å². The van der Waals surface area contributed by atoms with Gasteiger partial charge in [-0.15, -0.1) is 0 Å². The smallest absolute Gasteiger partial charge is 0.229 e. The summed E-state index contributed by atoms with van der Waals surface area (Å²) in [6, 6.07) is 8.65. The Morgan fingerprint density at radius 3 is 2.50 bits per heavy atom. The van der Waals surface area contributed by atoms with E-state index in [1.165, 1.54) is 32.4 Å². The molecule has 0 aromatic heterocycles. The molecule has 2 aliphatic rings. The summed E-state index contributed by atoms with van der Waals surface area (Å²) in [5, 5.41) is 3.58. The summed E-state index contributed by atoms with van der Waals surface area (Å²) in [4.78, 5) is 2.57. The minimum absolute atomic E-state index is 0.520. The molecule has 0 aliphatic carbocycles. The van der Waals surface area contributed by atoms with Crippen LogP contribution < -0.4 is 10.0 Å². The fraction of sp³-hybridized carbons (Fsp3) is 0.571. The van der Waals surface area contributed by atoms with Crippen LogP contribution in [0.5, 0.6) is 0 Å². The molecule has 110 valence electrons. The van der Waals surface area contributed by atoms with Crippen molar-refractivity contribution in [3.05, 3.63) is 24.3 Å². The van der Waals surface area contributed by atoms with E-state index in [9.17, 15) is 8.42 Å². The van der Waals surface area contributed by atoms with Gasteiger partial charge in [0.2, 0.25) is 10.0 Å². The number of sulfonamides is 1. The minimum atomic E-state index is -3.20. The number of benzene rings is 1. The zero-order valence-electron chi connectivity index (χ0n) is 11.7. The molecule has 6 heteroatoms. The SMILES string of the molecule is CS(=O)(=O)Nc1ccc(NC2CCN3CCCC23)cc1. The van der Waals surface area contributed by atoms with Gasteiger partial charge in [0.25, 0.3) is 0 Å². The van der Waals surface area contributed by atoms with Crippen LogP contribution in [0, 0.1) is 0 Å². The molecule has 0 bridgehead atoms. The Bertz CT molecular complexity index is 571. The lowest BCUT2D eigenvalue weighted by Gasteiger charge is -2.22. The number of hydrogen-bond donors (Lipinski definition) is 2. The molecular weight excluding hydrogens is 274 g/mol. The van der Waals surface area contributed by atoms with Crippen LogP contribution in [0.25, 0.3) is 0 Å². The van der Waals surface area contributed by atoms with Crippen molar-refractivity contribution in [2.45, 2.75) is 31.3 Å². The Hall–Kier alpha value is -1.27. The summed E-state index contributed by atoms with van der Waals surface area (Å²) < 4.78 is 24.8. The van der Waals surface area contributed by atoms with Gasteiger partial charge >= 0.3 is 0 Å². The number of hydrogen-bond acceptors (Lipinski definition) is 4. The molecule has 20 heavy (non-hydrogen) atoms. The fourth-order valence-corrected chi connectivity index (χ4v) is 3.88. The maximum absolute atomic E-state index is 11.2. The molecular formula is C14H21N3O2S. The van der Waals surface area contributed by atoms with Crippen LogP contribution in [0.1, 0.15) is 19.3 Å². The Labute approximate surface area is 120 Å². The highest BCUT2D eigenvalue weighted by Crippen LogP contribution is 2.30. The van der Waals surface area contributed by atoms with Crippen LogP contribution in [0.15, 0.2) is 24.3 Å². The predicted molar refractivity (Wildman–Crippen MR) is 81.5 cm³/mol. The first-order chi connectivity index (χ1) is 9.51. The van der Waals surface area contributed by atoms with E-state index >= 15 is 0 Å². The maximum Gasteiger partial charge on any atom is 0.229 e. The van der Waals surface area contributed by atoms with Crippen LogP contribution in [0.3, 0.4) is 0 Å². The predicted octanol–water partition coefficient (Wildman–Crippen LogP) is 1.71. The zero-order chi connectivity index (χ0) is 14.2. The summed E-state index contributed by atoms with van der Waals surface area (Å²) in [5.74, 6) is 0. The molecule has 0 spiro atoms. The Morgan fingerprint density at radius 1 is 1.10 bits per heavy atom. The fourth-order valence-electron chi connectivity index (χ4n) is 3.31. The van der Waals surface area contributed by atoms with E-state index < -0.39 is 10.0 Å². The third-order valence-electron chi connectivity index (χ3n) is 4.15. The third kappa shape index (κ3) is 3.07. The largest absolute Gasteiger partial charge is 0.381 e.